The Bertz CT molecular complexity index is 889. The van der Waals surface area contributed by atoms with Crippen LogP contribution in [0.1, 0.15) is 44.1 Å². The molecule has 1 aromatic carbocycles. The lowest BCUT2D eigenvalue weighted by Gasteiger charge is -2.41. The summed E-state index contributed by atoms with van der Waals surface area (Å²) in [6.45, 7) is 5.47. The first-order valence-corrected chi connectivity index (χ1v) is 12.6. The van der Waals surface area contributed by atoms with Gasteiger partial charge >= 0.3 is 0 Å². The second-order valence-corrected chi connectivity index (χ2v) is 10.3. The van der Waals surface area contributed by atoms with Crippen LogP contribution in [0.25, 0.3) is 0 Å². The van der Waals surface area contributed by atoms with E-state index >= 15 is 0 Å². The number of benzene rings is 1. The fraction of sp³-hybridized carbons (Fsp3) is 0.692. The number of piperazine rings is 1. The van der Waals surface area contributed by atoms with Gasteiger partial charge in [-0.1, -0.05) is 6.07 Å². The number of anilines is 1. The molecule has 1 aromatic rings. The van der Waals surface area contributed by atoms with Crippen LogP contribution in [0.3, 0.4) is 0 Å². The van der Waals surface area contributed by atoms with E-state index in [-0.39, 0.29) is 30.5 Å². The highest BCUT2D eigenvalue weighted by atomic mass is 19.1. The van der Waals surface area contributed by atoms with Crippen LogP contribution in [0.5, 0.6) is 0 Å². The molecule has 1 N–H and O–H groups in total. The van der Waals surface area contributed by atoms with E-state index in [0.717, 1.165) is 77.2 Å². The molecule has 33 heavy (non-hydrogen) atoms. The van der Waals surface area contributed by atoms with Crippen molar-refractivity contribution in [2.45, 2.75) is 63.1 Å². The van der Waals surface area contributed by atoms with Gasteiger partial charge in [0.15, 0.2) is 5.78 Å². The number of ketones is 1. The maximum absolute atomic E-state index is 15.0. The predicted octanol–water partition coefficient (Wildman–Crippen LogP) is 2.91. The minimum absolute atomic E-state index is 0.105. The number of hydrogen-bond acceptors (Lipinski definition) is 6. The van der Waals surface area contributed by atoms with Gasteiger partial charge < -0.3 is 15.0 Å². The molecule has 6 nitrogen and oxygen atoms in total. The molecule has 1 saturated carbocycles. The molecule has 0 radical (unpaired) electrons. The number of nitrogens with one attached hydrogen (secondary N) is 1. The van der Waals surface area contributed by atoms with E-state index in [1.54, 1.807) is 12.1 Å². The Morgan fingerprint density at radius 2 is 1.97 bits per heavy atom. The molecule has 0 spiro atoms. The third kappa shape index (κ3) is 5.08. The number of piperidine rings is 1. The number of nitrogens with zero attached hydrogens (tertiary/aromatic N) is 3. The first kappa shape index (κ1) is 22.8. The summed E-state index contributed by atoms with van der Waals surface area (Å²) >= 11 is 0. The van der Waals surface area contributed by atoms with Crippen LogP contribution in [0.15, 0.2) is 18.2 Å². The molecule has 4 fully saturated rings. The van der Waals surface area contributed by atoms with E-state index < -0.39 is 5.92 Å². The Balaban J connectivity index is 1.15. The van der Waals surface area contributed by atoms with Crippen LogP contribution in [-0.2, 0) is 16.0 Å². The maximum atomic E-state index is 15.0. The lowest BCUT2D eigenvalue weighted by atomic mass is 9.88. The minimum atomic E-state index is -0.484. The number of nitriles is 1. The van der Waals surface area contributed by atoms with Gasteiger partial charge in [0.2, 0.25) is 0 Å². The van der Waals surface area contributed by atoms with Crippen molar-refractivity contribution in [3.63, 3.8) is 0 Å². The van der Waals surface area contributed by atoms with E-state index in [1.165, 1.54) is 0 Å². The first-order chi connectivity index (χ1) is 16.1. The SMILES string of the molecule is N#C[C@@H](CC(=O)[C@H]1N[C@@H]2CC[C@H]1C2)Cc1ccc(N2CCN(C3CCOCC3)CC2)cc1F. The molecule has 3 saturated heterocycles. The summed E-state index contributed by atoms with van der Waals surface area (Å²) in [6, 6.07) is 8.60. The zero-order valence-corrected chi connectivity index (χ0v) is 19.3. The Labute approximate surface area is 196 Å². The standard InChI is InChI=1S/C26H35FN4O2/c27-24-16-23(31-9-7-30(8-10-31)22-5-11-33-12-6-22)4-2-19(24)13-18(17-28)14-25(32)26-20-1-3-21(15-20)29-26/h2,4,16,18,20-22,26,29H,1,3,5-15H2/t18-,20+,21-,26+/m1/s1. The highest BCUT2D eigenvalue weighted by Gasteiger charge is 2.42. The highest BCUT2D eigenvalue weighted by molar-refractivity contribution is 5.85. The third-order valence-corrected chi connectivity index (χ3v) is 8.23. The van der Waals surface area contributed by atoms with Gasteiger partial charge in [0.25, 0.3) is 0 Å². The molecule has 0 amide bonds. The smallest absolute Gasteiger partial charge is 0.151 e. The maximum Gasteiger partial charge on any atom is 0.151 e. The molecular formula is C26H35FN4O2. The lowest BCUT2D eigenvalue weighted by molar-refractivity contribution is -0.122. The molecule has 4 atom stereocenters. The number of hydrogen-bond donors (Lipinski definition) is 1. The fourth-order valence-electron chi connectivity index (χ4n) is 6.31. The quantitative estimate of drug-likeness (QED) is 0.683. The summed E-state index contributed by atoms with van der Waals surface area (Å²) < 4.78 is 20.5. The molecule has 0 unspecified atom stereocenters. The van der Waals surface area contributed by atoms with Crippen LogP contribution in [-0.4, -0.2) is 68.2 Å². The van der Waals surface area contributed by atoms with Crippen molar-refractivity contribution in [3.8, 4) is 6.07 Å². The summed E-state index contributed by atoms with van der Waals surface area (Å²) in [7, 11) is 0. The Morgan fingerprint density at radius 1 is 1.18 bits per heavy atom. The average Bonchev–Trinajstić information content (AvgIpc) is 3.49. The van der Waals surface area contributed by atoms with Crippen LogP contribution in [0.2, 0.25) is 0 Å². The first-order valence-electron chi connectivity index (χ1n) is 12.6. The van der Waals surface area contributed by atoms with Crippen molar-refractivity contribution >= 4 is 11.5 Å². The lowest BCUT2D eigenvalue weighted by Crippen LogP contribution is -2.51. The van der Waals surface area contributed by atoms with E-state index in [4.69, 9.17) is 4.74 Å². The molecule has 5 rings (SSSR count). The van der Waals surface area contributed by atoms with Gasteiger partial charge in [-0.2, -0.15) is 5.26 Å². The van der Waals surface area contributed by atoms with Crippen molar-refractivity contribution in [2.24, 2.45) is 11.8 Å². The molecule has 4 aliphatic rings. The molecular weight excluding hydrogens is 419 g/mol. The van der Waals surface area contributed by atoms with Gasteiger partial charge in [-0.05, 0) is 62.1 Å². The van der Waals surface area contributed by atoms with Crippen LogP contribution < -0.4 is 10.2 Å². The van der Waals surface area contributed by atoms with E-state index in [0.29, 0.717) is 23.6 Å². The molecule has 0 aromatic heterocycles. The molecule has 7 heteroatoms. The van der Waals surface area contributed by atoms with Gasteiger partial charge in [0.05, 0.1) is 18.0 Å². The van der Waals surface area contributed by atoms with E-state index in [1.807, 2.05) is 6.07 Å². The minimum Gasteiger partial charge on any atom is -0.381 e. The monoisotopic (exact) mass is 454 g/mol. The van der Waals surface area contributed by atoms with Crippen LogP contribution >= 0.6 is 0 Å². The van der Waals surface area contributed by atoms with Gasteiger partial charge in [0, 0.05) is 63.6 Å². The summed E-state index contributed by atoms with van der Waals surface area (Å²) in [5, 5.41) is 13.0. The number of halogens is 1. The van der Waals surface area contributed by atoms with Gasteiger partial charge in [-0.3, -0.25) is 9.69 Å². The molecule has 2 bridgehead atoms. The van der Waals surface area contributed by atoms with Crippen molar-refractivity contribution in [3.05, 3.63) is 29.6 Å². The normalized spacial score (nSPS) is 29.2. The number of rotatable bonds is 7. The van der Waals surface area contributed by atoms with Crippen molar-refractivity contribution < 1.29 is 13.9 Å². The Hall–Kier alpha value is -2.01. The van der Waals surface area contributed by atoms with E-state index in [9.17, 15) is 14.4 Å². The Kier molecular flexibility index (Phi) is 6.96. The number of ether oxygens (including phenoxy) is 1. The predicted molar refractivity (Wildman–Crippen MR) is 125 cm³/mol. The molecule has 1 aliphatic carbocycles. The van der Waals surface area contributed by atoms with E-state index in [2.05, 4.69) is 21.2 Å². The average molecular weight is 455 g/mol. The summed E-state index contributed by atoms with van der Waals surface area (Å²) in [6.07, 6.45) is 6.02. The van der Waals surface area contributed by atoms with Gasteiger partial charge in [-0.15, -0.1) is 0 Å². The number of fused-ring (bicyclic) bond motifs is 2. The largest absolute Gasteiger partial charge is 0.381 e. The highest BCUT2D eigenvalue weighted by Crippen LogP contribution is 2.36. The number of carbonyl (C=O) groups excluding carboxylic acids is 1. The van der Waals surface area contributed by atoms with Crippen molar-refractivity contribution in [1.29, 1.82) is 5.26 Å². The summed E-state index contributed by atoms with van der Waals surface area (Å²) in [5.41, 5.74) is 1.43. The summed E-state index contributed by atoms with van der Waals surface area (Å²) in [4.78, 5) is 17.5. The molecule has 178 valence electrons. The topological polar surface area (TPSA) is 68.6 Å². The molecule has 3 aliphatic heterocycles. The Morgan fingerprint density at radius 3 is 2.61 bits per heavy atom. The van der Waals surface area contributed by atoms with Crippen molar-refractivity contribution in [2.75, 3.05) is 44.3 Å². The van der Waals surface area contributed by atoms with Crippen molar-refractivity contribution in [1.82, 2.24) is 10.2 Å². The fourth-order valence-corrected chi connectivity index (χ4v) is 6.31. The van der Waals surface area contributed by atoms with Crippen LogP contribution in [0.4, 0.5) is 10.1 Å². The van der Waals surface area contributed by atoms with Gasteiger partial charge in [0.1, 0.15) is 5.82 Å². The zero-order valence-electron chi connectivity index (χ0n) is 19.3. The third-order valence-electron chi connectivity index (χ3n) is 8.23. The summed E-state index contributed by atoms with van der Waals surface area (Å²) in [5.74, 6) is -0.218. The van der Waals surface area contributed by atoms with Gasteiger partial charge in [-0.25, -0.2) is 4.39 Å². The van der Waals surface area contributed by atoms with Crippen LogP contribution in [0, 0.1) is 29.0 Å². The number of Topliss-reactive ketones (excluding diaryl/α,β-unsaturated/α-hetero) is 1. The second kappa shape index (κ2) is 10.1. The zero-order chi connectivity index (χ0) is 22.8. The number of carbonyl (C=O) groups is 1. The molecule has 3 heterocycles. The second-order valence-electron chi connectivity index (χ2n) is 10.3.